The van der Waals surface area contributed by atoms with Crippen LogP contribution >= 0.6 is 0 Å². The molecule has 0 aliphatic carbocycles. The Morgan fingerprint density at radius 2 is 2.11 bits per heavy atom. The van der Waals surface area contributed by atoms with Crippen molar-refractivity contribution in [3.8, 4) is 5.75 Å². The van der Waals surface area contributed by atoms with Gasteiger partial charge in [0, 0.05) is 6.54 Å². The zero-order valence-corrected chi connectivity index (χ0v) is 10.2. The summed E-state index contributed by atoms with van der Waals surface area (Å²) < 4.78 is 18.3. The Labute approximate surface area is 104 Å². The Bertz CT molecular complexity index is 449. The first-order valence-corrected chi connectivity index (χ1v) is 5.49. The summed E-state index contributed by atoms with van der Waals surface area (Å²) in [5, 5.41) is 4.44. The van der Waals surface area contributed by atoms with E-state index >= 15 is 0 Å². The smallest absolute Gasteiger partial charge is 0.321 e. The summed E-state index contributed by atoms with van der Waals surface area (Å²) in [7, 11) is 0. The van der Waals surface area contributed by atoms with Gasteiger partial charge in [0.1, 0.15) is 0 Å². The molecule has 18 heavy (non-hydrogen) atoms. The predicted octanol–water partition coefficient (Wildman–Crippen LogP) is 1.36. The van der Waals surface area contributed by atoms with Crippen molar-refractivity contribution in [1.29, 1.82) is 0 Å². The largest absolute Gasteiger partial charge is 0.481 e. The molecule has 1 aromatic carbocycles. The van der Waals surface area contributed by atoms with Gasteiger partial charge >= 0.3 is 6.03 Å². The van der Waals surface area contributed by atoms with E-state index in [0.717, 1.165) is 5.56 Å². The summed E-state index contributed by atoms with van der Waals surface area (Å²) in [5.41, 5.74) is 0.815. The molecule has 0 aliphatic heterocycles. The number of halogens is 1. The van der Waals surface area contributed by atoms with Crippen molar-refractivity contribution in [2.75, 3.05) is 13.2 Å². The molecule has 0 fully saturated rings. The summed E-state index contributed by atoms with van der Waals surface area (Å²) in [6.07, 6.45) is 0. The van der Waals surface area contributed by atoms with Crippen LogP contribution in [-0.2, 0) is 4.79 Å². The van der Waals surface area contributed by atoms with E-state index < -0.39 is 24.4 Å². The lowest BCUT2D eigenvalue weighted by molar-refractivity contribution is -0.122. The van der Waals surface area contributed by atoms with Gasteiger partial charge in [-0.25, -0.2) is 9.18 Å². The first-order valence-electron chi connectivity index (χ1n) is 5.49. The van der Waals surface area contributed by atoms with Crippen LogP contribution in [0.3, 0.4) is 0 Å². The van der Waals surface area contributed by atoms with Gasteiger partial charge in [-0.15, -0.1) is 0 Å². The monoisotopic (exact) mass is 254 g/mol. The third-order valence-electron chi connectivity index (χ3n) is 2.04. The summed E-state index contributed by atoms with van der Waals surface area (Å²) in [6, 6.07) is 3.73. The first kappa shape index (κ1) is 14.0. The molecule has 0 aliphatic rings. The SMILES string of the molecule is CCNC(=O)NC(=O)COc1cc(C)ccc1F. The molecule has 0 unspecified atom stereocenters. The van der Waals surface area contributed by atoms with Gasteiger partial charge in [0.15, 0.2) is 18.2 Å². The maximum atomic E-state index is 13.3. The number of amides is 3. The highest BCUT2D eigenvalue weighted by Gasteiger charge is 2.09. The minimum absolute atomic E-state index is 0.0129. The minimum Gasteiger partial charge on any atom is -0.481 e. The normalized spacial score (nSPS) is 9.72. The fourth-order valence-electron chi connectivity index (χ4n) is 1.23. The van der Waals surface area contributed by atoms with Crippen molar-refractivity contribution < 1.29 is 18.7 Å². The zero-order valence-electron chi connectivity index (χ0n) is 10.2. The van der Waals surface area contributed by atoms with Gasteiger partial charge in [0.25, 0.3) is 5.91 Å². The maximum Gasteiger partial charge on any atom is 0.321 e. The minimum atomic E-state index is -0.637. The molecule has 0 saturated heterocycles. The molecular weight excluding hydrogens is 239 g/mol. The van der Waals surface area contributed by atoms with Gasteiger partial charge in [0.2, 0.25) is 0 Å². The van der Waals surface area contributed by atoms with Gasteiger partial charge in [-0.1, -0.05) is 6.07 Å². The van der Waals surface area contributed by atoms with Gasteiger partial charge in [-0.2, -0.15) is 0 Å². The highest BCUT2D eigenvalue weighted by Crippen LogP contribution is 2.17. The summed E-state index contributed by atoms with van der Waals surface area (Å²) in [4.78, 5) is 22.3. The number of benzene rings is 1. The molecule has 0 heterocycles. The first-order chi connectivity index (χ1) is 8.52. The number of hydrogen-bond acceptors (Lipinski definition) is 3. The van der Waals surface area contributed by atoms with Crippen molar-refractivity contribution in [2.24, 2.45) is 0 Å². The molecule has 1 rings (SSSR count). The molecule has 2 N–H and O–H groups in total. The lowest BCUT2D eigenvalue weighted by Crippen LogP contribution is -2.41. The highest BCUT2D eigenvalue weighted by atomic mass is 19.1. The molecule has 0 bridgehead atoms. The number of urea groups is 1. The van der Waals surface area contributed by atoms with E-state index in [-0.39, 0.29) is 5.75 Å². The standard InChI is InChI=1S/C12H15FN2O3/c1-3-14-12(17)15-11(16)7-18-10-6-8(2)4-5-9(10)13/h4-6H,3,7H2,1-2H3,(H2,14,15,16,17). The lowest BCUT2D eigenvalue weighted by atomic mass is 10.2. The van der Waals surface area contributed by atoms with Crippen molar-refractivity contribution in [1.82, 2.24) is 10.6 Å². The molecular formula is C12H15FN2O3. The van der Waals surface area contributed by atoms with E-state index in [0.29, 0.717) is 6.54 Å². The van der Waals surface area contributed by atoms with Crippen LogP contribution in [0.5, 0.6) is 5.75 Å². The highest BCUT2D eigenvalue weighted by molar-refractivity contribution is 5.94. The second kappa shape index (κ2) is 6.58. The number of aryl methyl sites for hydroxylation is 1. The maximum absolute atomic E-state index is 13.3. The van der Waals surface area contributed by atoms with E-state index in [9.17, 15) is 14.0 Å². The number of nitrogens with one attached hydrogen (secondary N) is 2. The number of carbonyl (C=O) groups excluding carboxylic acids is 2. The Morgan fingerprint density at radius 1 is 1.39 bits per heavy atom. The van der Waals surface area contributed by atoms with Crippen LogP contribution in [0.15, 0.2) is 18.2 Å². The van der Waals surface area contributed by atoms with Crippen LogP contribution in [0.4, 0.5) is 9.18 Å². The van der Waals surface area contributed by atoms with Crippen LogP contribution in [0.1, 0.15) is 12.5 Å². The number of hydrogen-bond donors (Lipinski definition) is 2. The van der Waals surface area contributed by atoms with E-state index in [1.54, 1.807) is 19.9 Å². The zero-order chi connectivity index (χ0) is 13.5. The lowest BCUT2D eigenvalue weighted by Gasteiger charge is -2.08. The quantitative estimate of drug-likeness (QED) is 0.852. The van der Waals surface area contributed by atoms with Crippen LogP contribution in [-0.4, -0.2) is 25.1 Å². The van der Waals surface area contributed by atoms with Gasteiger partial charge in [-0.05, 0) is 31.5 Å². The van der Waals surface area contributed by atoms with Gasteiger partial charge in [0.05, 0.1) is 0 Å². The van der Waals surface area contributed by atoms with Crippen molar-refractivity contribution in [2.45, 2.75) is 13.8 Å². The van der Waals surface area contributed by atoms with Crippen LogP contribution in [0.25, 0.3) is 0 Å². The average Bonchev–Trinajstić information content (AvgIpc) is 2.30. The number of imide groups is 1. The molecule has 0 saturated carbocycles. The van der Waals surface area contributed by atoms with Crippen molar-refractivity contribution in [3.05, 3.63) is 29.6 Å². The number of rotatable bonds is 4. The van der Waals surface area contributed by atoms with E-state index in [1.165, 1.54) is 12.1 Å². The van der Waals surface area contributed by atoms with Crippen LogP contribution in [0, 0.1) is 12.7 Å². The molecule has 1 aromatic rings. The van der Waals surface area contributed by atoms with Crippen LogP contribution < -0.4 is 15.4 Å². The number of carbonyl (C=O) groups is 2. The Kier molecular flexibility index (Phi) is 5.10. The molecule has 0 aromatic heterocycles. The molecule has 3 amide bonds. The van der Waals surface area contributed by atoms with Crippen molar-refractivity contribution in [3.63, 3.8) is 0 Å². The van der Waals surface area contributed by atoms with E-state index in [2.05, 4.69) is 5.32 Å². The summed E-state index contributed by atoms with van der Waals surface area (Å²) >= 11 is 0. The molecule has 98 valence electrons. The van der Waals surface area contributed by atoms with E-state index in [1.807, 2.05) is 5.32 Å². The molecule has 5 nitrogen and oxygen atoms in total. The third kappa shape index (κ3) is 4.40. The third-order valence-corrected chi connectivity index (χ3v) is 2.04. The second-order valence-corrected chi connectivity index (χ2v) is 3.63. The van der Waals surface area contributed by atoms with Crippen LogP contribution in [0.2, 0.25) is 0 Å². The predicted molar refractivity (Wildman–Crippen MR) is 63.8 cm³/mol. The average molecular weight is 254 g/mol. The summed E-state index contributed by atoms with van der Waals surface area (Å²) in [6.45, 7) is 3.49. The Balaban J connectivity index is 2.47. The Hall–Kier alpha value is -2.11. The molecule has 0 radical (unpaired) electrons. The van der Waals surface area contributed by atoms with E-state index in [4.69, 9.17) is 4.74 Å². The topological polar surface area (TPSA) is 67.4 Å². The van der Waals surface area contributed by atoms with Gasteiger partial charge < -0.3 is 10.1 Å². The molecule has 0 spiro atoms. The second-order valence-electron chi connectivity index (χ2n) is 3.63. The number of ether oxygens (including phenoxy) is 1. The molecule has 0 atom stereocenters. The fourth-order valence-corrected chi connectivity index (χ4v) is 1.23. The van der Waals surface area contributed by atoms with Crippen molar-refractivity contribution >= 4 is 11.9 Å². The molecule has 6 heteroatoms. The van der Waals surface area contributed by atoms with Gasteiger partial charge in [-0.3, -0.25) is 10.1 Å². The Morgan fingerprint density at radius 3 is 2.78 bits per heavy atom. The fraction of sp³-hybridized carbons (Fsp3) is 0.333. The summed E-state index contributed by atoms with van der Waals surface area (Å²) in [5.74, 6) is -1.20.